The number of hydrogen-bond donors (Lipinski definition) is 1. The van der Waals surface area contributed by atoms with Crippen LogP contribution >= 0.6 is 0 Å². The molecule has 1 aromatic heterocycles. The molecule has 0 aliphatic carbocycles. The van der Waals surface area contributed by atoms with E-state index in [4.69, 9.17) is 0 Å². The van der Waals surface area contributed by atoms with Crippen LogP contribution in [0.25, 0.3) is 0 Å². The van der Waals surface area contributed by atoms with E-state index in [-0.39, 0.29) is 0 Å². The van der Waals surface area contributed by atoms with Crippen molar-refractivity contribution < 1.29 is 4.21 Å². The van der Waals surface area contributed by atoms with Gasteiger partial charge in [-0.1, -0.05) is 12.1 Å². The molecule has 1 N–H and O–H groups in total. The van der Waals surface area contributed by atoms with Crippen molar-refractivity contribution in [1.82, 2.24) is 25.2 Å². The Labute approximate surface area is 117 Å². The molecule has 0 unspecified atom stereocenters. The van der Waals surface area contributed by atoms with Crippen molar-refractivity contribution in [2.24, 2.45) is 0 Å². The number of nitrogens with one attached hydrogen (secondary N) is 1. The van der Waals surface area contributed by atoms with Gasteiger partial charge in [0.05, 0.1) is 12.2 Å². The standard InChI is InChI=1S/C12H23N5OS/c1-2-3-13-10-12-11-17(15-14-12)5-4-16-6-8-19(18)9-7-16/h11,13H,2-10H2,1H3. The molecule has 1 aliphatic rings. The van der Waals surface area contributed by atoms with Crippen LogP contribution in [0.3, 0.4) is 0 Å². The van der Waals surface area contributed by atoms with Crippen molar-refractivity contribution in [1.29, 1.82) is 0 Å². The highest BCUT2D eigenvalue weighted by molar-refractivity contribution is 7.85. The third kappa shape index (κ3) is 5.00. The van der Waals surface area contributed by atoms with E-state index in [2.05, 4.69) is 27.5 Å². The molecule has 0 amide bonds. The van der Waals surface area contributed by atoms with Gasteiger partial charge >= 0.3 is 0 Å². The molecule has 0 bridgehead atoms. The average Bonchev–Trinajstić information content (AvgIpc) is 2.86. The summed E-state index contributed by atoms with van der Waals surface area (Å²) in [7, 11) is -0.594. The fraction of sp³-hybridized carbons (Fsp3) is 0.833. The molecule has 1 fully saturated rings. The fourth-order valence-electron chi connectivity index (χ4n) is 2.07. The van der Waals surface area contributed by atoms with Crippen molar-refractivity contribution in [2.75, 3.05) is 37.7 Å². The molecule has 7 heteroatoms. The van der Waals surface area contributed by atoms with Gasteiger partial charge in [-0.25, -0.2) is 0 Å². The largest absolute Gasteiger partial charge is 0.311 e. The van der Waals surface area contributed by atoms with Gasteiger partial charge in [0, 0.05) is 54.7 Å². The van der Waals surface area contributed by atoms with Crippen LogP contribution in [-0.2, 0) is 23.9 Å². The lowest BCUT2D eigenvalue weighted by molar-refractivity contribution is 0.280. The number of aromatic nitrogens is 3. The number of rotatable bonds is 7. The van der Waals surface area contributed by atoms with E-state index in [0.717, 1.165) is 62.9 Å². The van der Waals surface area contributed by atoms with E-state index >= 15 is 0 Å². The second kappa shape index (κ2) is 7.72. The van der Waals surface area contributed by atoms with Crippen LogP contribution in [0.5, 0.6) is 0 Å². The van der Waals surface area contributed by atoms with E-state index in [1.807, 2.05) is 10.9 Å². The summed E-state index contributed by atoms with van der Waals surface area (Å²) in [5, 5.41) is 11.6. The Morgan fingerprint density at radius 2 is 2.16 bits per heavy atom. The van der Waals surface area contributed by atoms with E-state index < -0.39 is 10.8 Å². The summed E-state index contributed by atoms with van der Waals surface area (Å²) < 4.78 is 13.2. The van der Waals surface area contributed by atoms with Gasteiger partial charge in [0.25, 0.3) is 0 Å². The minimum absolute atomic E-state index is 0.594. The monoisotopic (exact) mass is 285 g/mol. The molecular weight excluding hydrogens is 262 g/mol. The second-order valence-electron chi connectivity index (χ2n) is 4.84. The predicted octanol–water partition coefficient (Wildman–Crippen LogP) is -0.158. The van der Waals surface area contributed by atoms with E-state index in [9.17, 15) is 4.21 Å². The smallest absolute Gasteiger partial charge is 0.0964 e. The molecule has 0 atom stereocenters. The van der Waals surface area contributed by atoms with Crippen LogP contribution in [-0.4, -0.2) is 61.8 Å². The zero-order valence-corrected chi connectivity index (χ0v) is 12.4. The minimum atomic E-state index is -0.594. The van der Waals surface area contributed by atoms with Crippen LogP contribution in [0.15, 0.2) is 6.20 Å². The topological polar surface area (TPSA) is 63.1 Å². The Bertz CT molecular complexity index is 399. The van der Waals surface area contributed by atoms with Crippen LogP contribution in [0.2, 0.25) is 0 Å². The molecule has 6 nitrogen and oxygen atoms in total. The van der Waals surface area contributed by atoms with Crippen LogP contribution in [0, 0.1) is 0 Å². The molecule has 1 aliphatic heterocycles. The van der Waals surface area contributed by atoms with E-state index in [0.29, 0.717) is 0 Å². The maximum atomic E-state index is 11.3. The molecule has 1 saturated heterocycles. The molecule has 19 heavy (non-hydrogen) atoms. The Kier molecular flexibility index (Phi) is 5.93. The number of nitrogens with zero attached hydrogens (tertiary/aromatic N) is 4. The van der Waals surface area contributed by atoms with E-state index in [1.165, 1.54) is 0 Å². The van der Waals surface area contributed by atoms with Crippen molar-refractivity contribution in [2.45, 2.75) is 26.4 Å². The number of hydrogen-bond acceptors (Lipinski definition) is 5. The normalized spacial score (nSPS) is 17.9. The summed E-state index contributed by atoms with van der Waals surface area (Å²) >= 11 is 0. The first-order chi connectivity index (χ1) is 9.28. The third-order valence-corrected chi connectivity index (χ3v) is 4.51. The first kappa shape index (κ1) is 14.6. The first-order valence-electron chi connectivity index (χ1n) is 6.95. The fourth-order valence-corrected chi connectivity index (χ4v) is 3.19. The van der Waals surface area contributed by atoms with Gasteiger partial charge in [0.15, 0.2) is 0 Å². The Hall–Kier alpha value is -0.790. The van der Waals surface area contributed by atoms with Gasteiger partial charge in [-0.3, -0.25) is 13.8 Å². The van der Waals surface area contributed by atoms with Crippen LogP contribution < -0.4 is 5.32 Å². The SMILES string of the molecule is CCCNCc1cn(CCN2CCS(=O)CC2)nn1. The Morgan fingerprint density at radius 3 is 2.89 bits per heavy atom. The zero-order valence-electron chi connectivity index (χ0n) is 11.5. The maximum Gasteiger partial charge on any atom is 0.0964 e. The molecule has 2 rings (SSSR count). The van der Waals surface area contributed by atoms with Crippen molar-refractivity contribution in [3.63, 3.8) is 0 Å². The van der Waals surface area contributed by atoms with Crippen molar-refractivity contribution >= 4 is 10.8 Å². The predicted molar refractivity (Wildman–Crippen MR) is 76.3 cm³/mol. The molecule has 0 spiro atoms. The minimum Gasteiger partial charge on any atom is -0.311 e. The lowest BCUT2D eigenvalue weighted by Crippen LogP contribution is -2.39. The van der Waals surface area contributed by atoms with Crippen molar-refractivity contribution in [3.8, 4) is 0 Å². The first-order valence-corrected chi connectivity index (χ1v) is 8.44. The quantitative estimate of drug-likeness (QED) is 0.706. The zero-order chi connectivity index (χ0) is 13.5. The van der Waals surface area contributed by atoms with E-state index in [1.54, 1.807) is 0 Å². The summed E-state index contributed by atoms with van der Waals surface area (Å²) in [5.41, 5.74) is 0.994. The molecule has 108 valence electrons. The molecule has 0 saturated carbocycles. The second-order valence-corrected chi connectivity index (χ2v) is 6.54. The third-order valence-electron chi connectivity index (χ3n) is 3.23. The lowest BCUT2D eigenvalue weighted by atomic mass is 10.4. The lowest BCUT2D eigenvalue weighted by Gasteiger charge is -2.25. The average molecular weight is 285 g/mol. The van der Waals surface area contributed by atoms with Gasteiger partial charge in [0.1, 0.15) is 0 Å². The van der Waals surface area contributed by atoms with Crippen LogP contribution in [0.4, 0.5) is 0 Å². The van der Waals surface area contributed by atoms with Gasteiger partial charge in [-0.15, -0.1) is 5.10 Å². The summed E-state index contributed by atoms with van der Waals surface area (Å²) in [4.78, 5) is 2.35. The van der Waals surface area contributed by atoms with Crippen molar-refractivity contribution in [3.05, 3.63) is 11.9 Å². The van der Waals surface area contributed by atoms with Gasteiger partial charge in [0.2, 0.25) is 0 Å². The summed E-state index contributed by atoms with van der Waals surface area (Å²) in [5.74, 6) is 1.62. The summed E-state index contributed by atoms with van der Waals surface area (Å²) in [6.45, 7) is 7.64. The maximum absolute atomic E-state index is 11.3. The van der Waals surface area contributed by atoms with Gasteiger partial charge in [-0.05, 0) is 13.0 Å². The highest BCUT2D eigenvalue weighted by Crippen LogP contribution is 2.00. The van der Waals surface area contributed by atoms with Gasteiger partial charge in [-0.2, -0.15) is 0 Å². The highest BCUT2D eigenvalue weighted by Gasteiger charge is 2.14. The molecule has 1 aromatic rings. The molecule has 0 radical (unpaired) electrons. The summed E-state index contributed by atoms with van der Waals surface area (Å²) in [6, 6.07) is 0. The molecule has 2 heterocycles. The molecular formula is C12H23N5OS. The molecule has 0 aromatic carbocycles. The summed E-state index contributed by atoms with van der Waals surface area (Å²) in [6.07, 6.45) is 3.13. The van der Waals surface area contributed by atoms with Crippen LogP contribution in [0.1, 0.15) is 19.0 Å². The highest BCUT2D eigenvalue weighted by atomic mass is 32.2. The Balaban J connectivity index is 1.69. The Morgan fingerprint density at radius 1 is 1.37 bits per heavy atom. The van der Waals surface area contributed by atoms with Gasteiger partial charge < -0.3 is 5.32 Å².